The van der Waals surface area contributed by atoms with Gasteiger partial charge in [0, 0.05) is 42.3 Å². The Morgan fingerprint density at radius 3 is 2.40 bits per heavy atom. The molecule has 0 bridgehead atoms. The molecule has 164 valence electrons. The van der Waals surface area contributed by atoms with Gasteiger partial charge in [0.05, 0.1) is 6.04 Å². The van der Waals surface area contributed by atoms with Crippen LogP contribution in [-0.2, 0) is 4.79 Å². The number of carbonyl (C=O) groups is 1. The van der Waals surface area contributed by atoms with Crippen molar-refractivity contribution in [2.24, 2.45) is 5.92 Å². The number of rotatable bonds is 6. The molecule has 1 fully saturated rings. The molecule has 1 saturated carbocycles. The Morgan fingerprint density at radius 2 is 1.80 bits per heavy atom. The normalized spacial score (nSPS) is 19.4. The fraction of sp³-hybridized carbons (Fsp3) is 0.500. The van der Waals surface area contributed by atoms with Gasteiger partial charge < -0.3 is 15.5 Å². The fourth-order valence-corrected chi connectivity index (χ4v) is 4.07. The first kappa shape index (κ1) is 24.4. The third kappa shape index (κ3) is 6.32. The molecule has 1 aliphatic carbocycles. The van der Waals surface area contributed by atoms with E-state index in [0.29, 0.717) is 12.0 Å². The van der Waals surface area contributed by atoms with E-state index >= 15 is 0 Å². The molecule has 1 unspecified atom stereocenters. The fourth-order valence-electron chi connectivity index (χ4n) is 3.80. The lowest BCUT2D eigenvalue weighted by atomic mass is 9.85. The number of carbonyl (C=O) groups excluding carboxylic acids is 1. The minimum Gasteiger partial charge on any atom is -0.362 e. The van der Waals surface area contributed by atoms with Gasteiger partial charge in [0.15, 0.2) is 0 Å². The zero-order chi connectivity index (χ0) is 21.0. The van der Waals surface area contributed by atoms with Crippen LogP contribution in [-0.4, -0.2) is 36.0 Å². The molecule has 2 N–H and O–H groups in total. The molecule has 3 rings (SSSR count). The summed E-state index contributed by atoms with van der Waals surface area (Å²) in [7, 11) is 3.97. The summed E-state index contributed by atoms with van der Waals surface area (Å²) in [5.74, 6) is 1.82. The van der Waals surface area contributed by atoms with Gasteiger partial charge in [-0.2, -0.15) is 4.98 Å². The lowest BCUT2D eigenvalue weighted by Crippen LogP contribution is -2.37. The highest BCUT2D eigenvalue weighted by Gasteiger charge is 2.27. The molecule has 1 heterocycles. The lowest BCUT2D eigenvalue weighted by molar-refractivity contribution is -0.126. The van der Waals surface area contributed by atoms with E-state index in [1.54, 1.807) is 0 Å². The zero-order valence-electron chi connectivity index (χ0n) is 18.0. The van der Waals surface area contributed by atoms with Gasteiger partial charge in [-0.15, -0.1) is 12.4 Å². The maximum absolute atomic E-state index is 12.7. The first-order valence-corrected chi connectivity index (χ1v) is 11.0. The summed E-state index contributed by atoms with van der Waals surface area (Å²) < 4.78 is 1.04. The van der Waals surface area contributed by atoms with Crippen LogP contribution in [0.1, 0.15) is 49.8 Å². The highest BCUT2D eigenvalue weighted by atomic mass is 79.9. The van der Waals surface area contributed by atoms with Crippen molar-refractivity contribution >= 4 is 46.0 Å². The van der Waals surface area contributed by atoms with Crippen LogP contribution in [0.3, 0.4) is 0 Å². The van der Waals surface area contributed by atoms with Crippen molar-refractivity contribution in [2.75, 3.05) is 24.3 Å². The second-order valence-corrected chi connectivity index (χ2v) is 8.99. The summed E-state index contributed by atoms with van der Waals surface area (Å²) in [6.45, 7) is 4.05. The molecule has 0 saturated heterocycles. The van der Waals surface area contributed by atoms with E-state index in [-0.39, 0.29) is 30.3 Å². The number of anilines is 2. The van der Waals surface area contributed by atoms with E-state index in [1.165, 1.54) is 0 Å². The average Bonchev–Trinajstić information content (AvgIpc) is 2.70. The first-order chi connectivity index (χ1) is 13.8. The Kier molecular flexibility index (Phi) is 8.92. The molecule has 2 aromatic rings. The van der Waals surface area contributed by atoms with E-state index in [2.05, 4.69) is 36.5 Å². The van der Waals surface area contributed by atoms with Crippen molar-refractivity contribution in [1.82, 2.24) is 15.3 Å². The summed E-state index contributed by atoms with van der Waals surface area (Å²) in [5.41, 5.74) is 2.17. The van der Waals surface area contributed by atoms with Crippen molar-refractivity contribution in [2.45, 2.75) is 51.6 Å². The highest BCUT2D eigenvalue weighted by molar-refractivity contribution is 9.10. The Labute approximate surface area is 193 Å². The summed E-state index contributed by atoms with van der Waals surface area (Å²) in [4.78, 5) is 23.7. The molecule has 0 aliphatic heterocycles. The largest absolute Gasteiger partial charge is 0.362 e. The quantitative estimate of drug-likeness (QED) is 0.596. The van der Waals surface area contributed by atoms with Crippen molar-refractivity contribution in [3.63, 3.8) is 0 Å². The number of hydrogen-bond acceptors (Lipinski definition) is 5. The minimum absolute atomic E-state index is 0. The van der Waals surface area contributed by atoms with Gasteiger partial charge in [-0.25, -0.2) is 4.98 Å². The van der Waals surface area contributed by atoms with E-state index in [9.17, 15) is 4.79 Å². The van der Waals surface area contributed by atoms with E-state index in [0.717, 1.165) is 47.1 Å². The van der Waals surface area contributed by atoms with Gasteiger partial charge in [-0.1, -0.05) is 28.1 Å². The Bertz CT molecular complexity index is 838. The van der Waals surface area contributed by atoms with Gasteiger partial charge in [-0.05, 0) is 57.2 Å². The molecule has 0 radical (unpaired) electrons. The van der Waals surface area contributed by atoms with E-state index in [4.69, 9.17) is 0 Å². The van der Waals surface area contributed by atoms with Crippen molar-refractivity contribution < 1.29 is 4.79 Å². The third-order valence-corrected chi connectivity index (χ3v) is 6.06. The minimum atomic E-state index is 0. The van der Waals surface area contributed by atoms with Crippen LogP contribution in [0.25, 0.3) is 0 Å². The second kappa shape index (κ2) is 11.0. The number of aryl methyl sites for hydroxylation is 1. The van der Waals surface area contributed by atoms with Crippen LogP contribution in [0.5, 0.6) is 0 Å². The van der Waals surface area contributed by atoms with Crippen molar-refractivity contribution in [3.05, 3.63) is 46.1 Å². The van der Waals surface area contributed by atoms with Gasteiger partial charge in [0.1, 0.15) is 5.82 Å². The van der Waals surface area contributed by atoms with Gasteiger partial charge >= 0.3 is 0 Å². The standard InChI is InChI=1S/C22H30BrN5O.ClH/c1-14-13-24-22(27-20(14)28(3)4)26-19-11-7-17(8-12-19)21(29)25-15(2)16-5-9-18(23)10-6-16;/h5-6,9-10,13,15,17,19H,7-8,11-12H2,1-4H3,(H,25,29)(H,24,26,27);1H/t15?,17-,19+;. The number of nitrogens with one attached hydrogen (secondary N) is 2. The summed E-state index contributed by atoms with van der Waals surface area (Å²) in [5, 5.41) is 6.62. The molecule has 0 spiro atoms. The maximum atomic E-state index is 12.7. The molecular formula is C22H31BrClN5O. The smallest absolute Gasteiger partial charge is 0.224 e. The first-order valence-electron chi connectivity index (χ1n) is 10.2. The molecule has 1 aliphatic rings. The SMILES string of the molecule is Cc1cnc(N[C@H]2CC[C@@H](C(=O)NC(C)c3ccc(Br)cc3)CC2)nc1N(C)C.Cl. The van der Waals surface area contributed by atoms with Crippen LogP contribution in [0.2, 0.25) is 0 Å². The van der Waals surface area contributed by atoms with Gasteiger partial charge in [-0.3, -0.25) is 4.79 Å². The highest BCUT2D eigenvalue weighted by Crippen LogP contribution is 2.28. The summed E-state index contributed by atoms with van der Waals surface area (Å²) >= 11 is 3.45. The molecule has 30 heavy (non-hydrogen) atoms. The number of amides is 1. The monoisotopic (exact) mass is 495 g/mol. The van der Waals surface area contributed by atoms with Crippen molar-refractivity contribution in [3.8, 4) is 0 Å². The third-order valence-electron chi connectivity index (χ3n) is 5.53. The molecule has 1 amide bonds. The average molecular weight is 497 g/mol. The molecule has 1 aromatic carbocycles. The summed E-state index contributed by atoms with van der Waals surface area (Å²) in [6, 6.07) is 8.41. The van der Waals surface area contributed by atoms with E-state index in [1.807, 2.05) is 63.3 Å². The lowest BCUT2D eigenvalue weighted by Gasteiger charge is -2.29. The van der Waals surface area contributed by atoms with E-state index < -0.39 is 0 Å². The maximum Gasteiger partial charge on any atom is 0.224 e. The predicted molar refractivity (Wildman–Crippen MR) is 128 cm³/mol. The molecular weight excluding hydrogens is 466 g/mol. The van der Waals surface area contributed by atoms with Crippen molar-refractivity contribution in [1.29, 1.82) is 0 Å². The van der Waals surface area contributed by atoms with Gasteiger partial charge in [0.2, 0.25) is 11.9 Å². The van der Waals surface area contributed by atoms with Crippen LogP contribution >= 0.6 is 28.3 Å². The Balaban J connectivity index is 0.00000320. The second-order valence-electron chi connectivity index (χ2n) is 8.07. The zero-order valence-corrected chi connectivity index (χ0v) is 20.4. The molecule has 1 atom stereocenters. The summed E-state index contributed by atoms with van der Waals surface area (Å²) in [6.07, 6.45) is 5.50. The number of aromatic nitrogens is 2. The number of benzene rings is 1. The van der Waals surface area contributed by atoms with Crippen LogP contribution in [0.4, 0.5) is 11.8 Å². The molecule has 8 heteroatoms. The molecule has 1 aromatic heterocycles. The number of nitrogens with zero attached hydrogens (tertiary/aromatic N) is 3. The van der Waals surface area contributed by atoms with Crippen LogP contribution < -0.4 is 15.5 Å². The number of hydrogen-bond donors (Lipinski definition) is 2. The Hall–Kier alpha value is -1.86. The van der Waals surface area contributed by atoms with Crippen LogP contribution in [0, 0.1) is 12.8 Å². The Morgan fingerprint density at radius 1 is 1.17 bits per heavy atom. The predicted octanol–water partition coefficient (Wildman–Crippen LogP) is 4.88. The van der Waals surface area contributed by atoms with Gasteiger partial charge in [0.25, 0.3) is 0 Å². The topological polar surface area (TPSA) is 70.1 Å². The van der Waals surface area contributed by atoms with Crippen LogP contribution in [0.15, 0.2) is 34.9 Å². The molecule has 6 nitrogen and oxygen atoms in total. The number of halogens is 2.